The largest absolute Gasteiger partial charge is 0.360 e. The predicted molar refractivity (Wildman–Crippen MR) is 76.4 cm³/mol. The normalized spacial score (nSPS) is 17.9. The summed E-state index contributed by atoms with van der Waals surface area (Å²) in [5.41, 5.74) is 0.404. The molecule has 1 aliphatic rings. The number of sulfonamides is 1. The van der Waals surface area contributed by atoms with E-state index in [4.69, 9.17) is 4.52 Å². The molecule has 0 unspecified atom stereocenters. The van der Waals surface area contributed by atoms with Crippen molar-refractivity contribution >= 4 is 10.0 Å². The van der Waals surface area contributed by atoms with E-state index >= 15 is 0 Å². The van der Waals surface area contributed by atoms with Gasteiger partial charge in [0.2, 0.25) is 10.0 Å². The lowest BCUT2D eigenvalue weighted by molar-refractivity contribution is 0.178. The highest BCUT2D eigenvalue weighted by Crippen LogP contribution is 2.24. The number of hydrogen-bond acceptors (Lipinski definition) is 7. The number of hydrogen-bond donors (Lipinski definition) is 1. The van der Waals surface area contributed by atoms with E-state index in [1.807, 2.05) is 0 Å². The zero-order valence-corrected chi connectivity index (χ0v) is 13.3. The number of nitrogens with one attached hydrogen (secondary N) is 1. The second kappa shape index (κ2) is 5.78. The first-order chi connectivity index (χ1) is 10.5. The summed E-state index contributed by atoms with van der Waals surface area (Å²) < 4.78 is 31.8. The number of rotatable bonds is 4. The number of aromatic amines is 1. The first-order valence-electron chi connectivity index (χ1n) is 6.98. The van der Waals surface area contributed by atoms with E-state index in [0.717, 1.165) is 5.82 Å². The molecule has 0 spiro atoms. The van der Waals surface area contributed by atoms with E-state index in [1.165, 1.54) is 10.6 Å². The molecule has 1 aliphatic heterocycles. The van der Waals surface area contributed by atoms with Crippen molar-refractivity contribution in [1.82, 2.24) is 29.5 Å². The van der Waals surface area contributed by atoms with E-state index in [0.29, 0.717) is 44.2 Å². The fourth-order valence-corrected chi connectivity index (χ4v) is 4.33. The third-order valence-electron chi connectivity index (χ3n) is 3.74. The molecule has 120 valence electrons. The van der Waals surface area contributed by atoms with E-state index in [9.17, 15) is 8.42 Å². The maximum atomic E-state index is 12.7. The predicted octanol–water partition coefficient (Wildman–Crippen LogP) is -0.0840. The number of aromatic nitrogens is 4. The molecular formula is C12H18N6O3S. The fraction of sp³-hybridized carbons (Fsp3) is 0.583. The molecule has 22 heavy (non-hydrogen) atoms. The van der Waals surface area contributed by atoms with Crippen LogP contribution in [0.2, 0.25) is 0 Å². The summed E-state index contributed by atoms with van der Waals surface area (Å²) in [6.07, 6.45) is 1.47. The molecule has 9 nitrogen and oxygen atoms in total. The minimum atomic E-state index is -3.55. The van der Waals surface area contributed by atoms with Crippen molar-refractivity contribution in [2.45, 2.75) is 25.3 Å². The van der Waals surface area contributed by atoms with Gasteiger partial charge >= 0.3 is 0 Å². The van der Waals surface area contributed by atoms with Crippen molar-refractivity contribution in [2.75, 3.05) is 26.2 Å². The lowest BCUT2D eigenvalue weighted by atomic mass is 10.3. The molecule has 0 aliphatic carbocycles. The maximum absolute atomic E-state index is 12.7. The Morgan fingerprint density at radius 2 is 2.00 bits per heavy atom. The van der Waals surface area contributed by atoms with Crippen molar-refractivity contribution in [1.29, 1.82) is 0 Å². The van der Waals surface area contributed by atoms with Gasteiger partial charge in [-0.2, -0.15) is 9.40 Å². The molecule has 0 radical (unpaired) electrons. The van der Waals surface area contributed by atoms with Crippen LogP contribution in [-0.2, 0) is 16.6 Å². The molecule has 2 aromatic rings. The van der Waals surface area contributed by atoms with Crippen LogP contribution in [0.5, 0.6) is 0 Å². The van der Waals surface area contributed by atoms with Gasteiger partial charge < -0.3 is 4.52 Å². The van der Waals surface area contributed by atoms with Crippen LogP contribution in [0.1, 0.15) is 17.3 Å². The SMILES string of the molecule is Cc1noc(C)c1S(=O)(=O)N1CCN(Cc2ncn[nH]2)CC1. The molecule has 10 heteroatoms. The average Bonchev–Trinajstić information content (AvgIpc) is 3.10. The minimum Gasteiger partial charge on any atom is -0.360 e. The lowest BCUT2D eigenvalue weighted by Gasteiger charge is -2.33. The van der Waals surface area contributed by atoms with Gasteiger partial charge in [-0.25, -0.2) is 13.4 Å². The Balaban J connectivity index is 1.68. The summed E-state index contributed by atoms with van der Waals surface area (Å²) in [6.45, 7) is 6.05. The van der Waals surface area contributed by atoms with Crippen molar-refractivity contribution in [3.63, 3.8) is 0 Å². The Labute approximate surface area is 128 Å². The minimum absolute atomic E-state index is 0.191. The Kier molecular flexibility index (Phi) is 3.98. The van der Waals surface area contributed by atoms with Crippen LogP contribution in [0.3, 0.4) is 0 Å². The van der Waals surface area contributed by atoms with Gasteiger partial charge in [-0.15, -0.1) is 0 Å². The molecule has 0 atom stereocenters. The topological polar surface area (TPSA) is 108 Å². The summed E-state index contributed by atoms with van der Waals surface area (Å²) in [7, 11) is -3.55. The highest BCUT2D eigenvalue weighted by atomic mass is 32.2. The van der Waals surface area contributed by atoms with Gasteiger partial charge in [0.15, 0.2) is 5.76 Å². The first-order valence-corrected chi connectivity index (χ1v) is 8.42. The van der Waals surface area contributed by atoms with Gasteiger partial charge in [0.1, 0.15) is 22.7 Å². The highest BCUT2D eigenvalue weighted by molar-refractivity contribution is 7.89. The number of aryl methyl sites for hydroxylation is 2. The highest BCUT2D eigenvalue weighted by Gasteiger charge is 2.33. The average molecular weight is 326 g/mol. The molecule has 1 N–H and O–H groups in total. The van der Waals surface area contributed by atoms with Crippen molar-refractivity contribution < 1.29 is 12.9 Å². The van der Waals surface area contributed by atoms with Crippen LogP contribution < -0.4 is 0 Å². The van der Waals surface area contributed by atoms with E-state index in [-0.39, 0.29) is 4.90 Å². The van der Waals surface area contributed by atoms with Crippen LogP contribution >= 0.6 is 0 Å². The van der Waals surface area contributed by atoms with Crippen LogP contribution in [0.15, 0.2) is 15.7 Å². The Morgan fingerprint density at radius 1 is 1.27 bits per heavy atom. The van der Waals surface area contributed by atoms with Gasteiger partial charge in [-0.3, -0.25) is 10.00 Å². The summed E-state index contributed by atoms with van der Waals surface area (Å²) in [6, 6.07) is 0. The molecule has 1 fully saturated rings. The van der Waals surface area contributed by atoms with Crippen molar-refractivity contribution in [3.05, 3.63) is 23.6 Å². The fourth-order valence-electron chi connectivity index (χ4n) is 2.62. The van der Waals surface area contributed by atoms with Gasteiger partial charge in [0.05, 0.1) is 6.54 Å². The molecule has 0 amide bonds. The summed E-state index contributed by atoms with van der Waals surface area (Å²) in [5, 5.41) is 10.3. The maximum Gasteiger partial charge on any atom is 0.248 e. The third-order valence-corrected chi connectivity index (χ3v) is 5.88. The molecule has 2 aromatic heterocycles. The zero-order chi connectivity index (χ0) is 15.7. The molecule has 0 saturated carbocycles. The molecule has 3 rings (SSSR count). The van der Waals surface area contributed by atoms with Crippen LogP contribution in [0, 0.1) is 13.8 Å². The van der Waals surface area contributed by atoms with Gasteiger partial charge in [-0.05, 0) is 13.8 Å². The summed E-state index contributed by atoms with van der Waals surface area (Å²) in [5.74, 6) is 1.11. The zero-order valence-electron chi connectivity index (χ0n) is 12.5. The Morgan fingerprint density at radius 3 is 2.55 bits per heavy atom. The van der Waals surface area contributed by atoms with Gasteiger partial charge in [0.25, 0.3) is 0 Å². The second-order valence-electron chi connectivity index (χ2n) is 5.27. The van der Waals surface area contributed by atoms with Gasteiger partial charge in [0, 0.05) is 26.2 Å². The molecule has 3 heterocycles. The van der Waals surface area contributed by atoms with Gasteiger partial charge in [-0.1, -0.05) is 5.16 Å². The Bertz CT molecular complexity index is 712. The Hall–Kier alpha value is -1.78. The quantitative estimate of drug-likeness (QED) is 0.837. The molecule has 0 aromatic carbocycles. The number of piperazine rings is 1. The standard InChI is InChI=1S/C12H18N6O3S/c1-9-12(10(2)21-16-9)22(19,20)18-5-3-17(4-6-18)7-11-13-8-14-15-11/h8H,3-7H2,1-2H3,(H,13,14,15). The second-order valence-corrected chi connectivity index (χ2v) is 7.14. The lowest BCUT2D eigenvalue weighted by Crippen LogP contribution is -2.48. The first kappa shape index (κ1) is 15.1. The van der Waals surface area contributed by atoms with Crippen molar-refractivity contribution in [3.8, 4) is 0 Å². The van der Waals surface area contributed by atoms with Crippen LogP contribution in [0.25, 0.3) is 0 Å². The summed E-state index contributed by atoms with van der Waals surface area (Å²) >= 11 is 0. The number of nitrogens with zero attached hydrogens (tertiary/aromatic N) is 5. The van der Waals surface area contributed by atoms with E-state index < -0.39 is 10.0 Å². The van der Waals surface area contributed by atoms with E-state index in [1.54, 1.807) is 13.8 Å². The molecule has 0 bridgehead atoms. The smallest absolute Gasteiger partial charge is 0.248 e. The monoisotopic (exact) mass is 326 g/mol. The van der Waals surface area contributed by atoms with E-state index in [2.05, 4.69) is 25.2 Å². The third kappa shape index (κ3) is 2.76. The molecule has 1 saturated heterocycles. The van der Waals surface area contributed by atoms with Crippen LogP contribution in [0.4, 0.5) is 0 Å². The van der Waals surface area contributed by atoms with Crippen LogP contribution in [-0.4, -0.2) is 64.1 Å². The number of H-pyrrole nitrogens is 1. The summed E-state index contributed by atoms with van der Waals surface area (Å²) in [4.78, 5) is 6.41. The van der Waals surface area contributed by atoms with Crippen molar-refractivity contribution in [2.24, 2.45) is 0 Å². The molecular weight excluding hydrogens is 308 g/mol.